The lowest BCUT2D eigenvalue weighted by Crippen LogP contribution is -2.03. The van der Waals surface area contributed by atoms with E-state index in [1.165, 1.54) is 0 Å². The number of aryl methyl sites for hydroxylation is 1. The maximum Gasteiger partial charge on any atom is 0.198 e. The normalized spacial score (nSPS) is 10.8. The number of methoxy groups -OCH3 is 1. The molecule has 0 radical (unpaired) electrons. The summed E-state index contributed by atoms with van der Waals surface area (Å²) in [5, 5.41) is 1.44. The SMILES string of the molecule is COc1ccc(Cl)cc1C(=O)c1c[nH]c2cccc(C)c12. The summed E-state index contributed by atoms with van der Waals surface area (Å²) in [6, 6.07) is 11.0. The zero-order valence-corrected chi connectivity index (χ0v) is 12.5. The van der Waals surface area contributed by atoms with Gasteiger partial charge in [-0.25, -0.2) is 0 Å². The van der Waals surface area contributed by atoms with E-state index in [0.29, 0.717) is 21.9 Å². The van der Waals surface area contributed by atoms with Crippen LogP contribution in [0.3, 0.4) is 0 Å². The monoisotopic (exact) mass is 299 g/mol. The number of halogens is 1. The van der Waals surface area contributed by atoms with Gasteiger partial charge in [0, 0.05) is 27.7 Å². The number of nitrogens with one attached hydrogen (secondary N) is 1. The molecule has 4 heteroatoms. The molecule has 1 aromatic heterocycles. The van der Waals surface area contributed by atoms with Crippen LogP contribution in [0.25, 0.3) is 10.9 Å². The fraction of sp³-hybridized carbons (Fsp3) is 0.118. The van der Waals surface area contributed by atoms with Gasteiger partial charge in [-0.2, -0.15) is 0 Å². The number of H-pyrrole nitrogens is 1. The average molecular weight is 300 g/mol. The molecule has 1 heterocycles. The maximum absolute atomic E-state index is 12.8. The molecule has 0 atom stereocenters. The largest absolute Gasteiger partial charge is 0.496 e. The first-order chi connectivity index (χ1) is 10.1. The Kier molecular flexibility index (Phi) is 3.43. The summed E-state index contributed by atoms with van der Waals surface area (Å²) in [5.74, 6) is 0.419. The van der Waals surface area contributed by atoms with Gasteiger partial charge in [-0.3, -0.25) is 4.79 Å². The van der Waals surface area contributed by atoms with Crippen molar-refractivity contribution in [2.75, 3.05) is 7.11 Å². The summed E-state index contributed by atoms with van der Waals surface area (Å²) in [4.78, 5) is 16.0. The zero-order valence-electron chi connectivity index (χ0n) is 11.7. The number of ketones is 1. The van der Waals surface area contributed by atoms with Crippen LogP contribution in [0, 0.1) is 6.92 Å². The second-order valence-electron chi connectivity index (χ2n) is 4.87. The first-order valence-electron chi connectivity index (χ1n) is 6.56. The summed E-state index contributed by atoms with van der Waals surface area (Å²) in [5.41, 5.74) is 3.09. The highest BCUT2D eigenvalue weighted by Gasteiger charge is 2.19. The van der Waals surface area contributed by atoms with E-state index in [9.17, 15) is 4.79 Å². The van der Waals surface area contributed by atoms with E-state index in [0.717, 1.165) is 16.5 Å². The first-order valence-corrected chi connectivity index (χ1v) is 6.94. The van der Waals surface area contributed by atoms with E-state index in [1.807, 2.05) is 25.1 Å². The molecule has 3 nitrogen and oxygen atoms in total. The average Bonchev–Trinajstić information content (AvgIpc) is 2.92. The number of ether oxygens (including phenoxy) is 1. The molecule has 0 saturated heterocycles. The van der Waals surface area contributed by atoms with Crippen LogP contribution >= 0.6 is 11.6 Å². The standard InChI is InChI=1S/C17H14ClNO2/c1-10-4-3-5-14-16(10)13(9-19-14)17(20)12-8-11(18)6-7-15(12)21-2/h3-9,19H,1-2H3. The molecule has 0 aliphatic carbocycles. The number of fused-ring (bicyclic) bond motifs is 1. The number of hydrogen-bond donors (Lipinski definition) is 1. The molecule has 0 spiro atoms. The fourth-order valence-electron chi connectivity index (χ4n) is 2.55. The first kappa shape index (κ1) is 13.7. The van der Waals surface area contributed by atoms with E-state index >= 15 is 0 Å². The van der Waals surface area contributed by atoms with Crippen LogP contribution in [0.2, 0.25) is 5.02 Å². The van der Waals surface area contributed by atoms with Crippen molar-refractivity contribution in [2.45, 2.75) is 6.92 Å². The van der Waals surface area contributed by atoms with Gasteiger partial charge in [-0.1, -0.05) is 23.7 Å². The molecule has 106 valence electrons. The topological polar surface area (TPSA) is 42.1 Å². The third-order valence-electron chi connectivity index (χ3n) is 3.56. The second kappa shape index (κ2) is 5.26. The van der Waals surface area contributed by atoms with Crippen molar-refractivity contribution in [3.05, 3.63) is 64.3 Å². The molecule has 21 heavy (non-hydrogen) atoms. The summed E-state index contributed by atoms with van der Waals surface area (Å²) >= 11 is 6.01. The van der Waals surface area contributed by atoms with Crippen LogP contribution in [0.5, 0.6) is 5.75 Å². The minimum atomic E-state index is -0.102. The predicted molar refractivity (Wildman–Crippen MR) is 84.5 cm³/mol. The van der Waals surface area contributed by atoms with Gasteiger partial charge < -0.3 is 9.72 Å². The molecule has 2 aromatic carbocycles. The molecular formula is C17H14ClNO2. The maximum atomic E-state index is 12.8. The lowest BCUT2D eigenvalue weighted by atomic mass is 9.99. The Morgan fingerprint density at radius 3 is 2.76 bits per heavy atom. The molecule has 0 saturated carbocycles. The van der Waals surface area contributed by atoms with Gasteiger partial charge in [-0.05, 0) is 36.8 Å². The fourth-order valence-corrected chi connectivity index (χ4v) is 2.72. The number of aromatic amines is 1. The quantitative estimate of drug-likeness (QED) is 0.730. The highest BCUT2D eigenvalue weighted by atomic mass is 35.5. The zero-order chi connectivity index (χ0) is 15.0. The van der Waals surface area contributed by atoms with Crippen LogP contribution in [0.1, 0.15) is 21.5 Å². The third kappa shape index (κ3) is 2.30. The van der Waals surface area contributed by atoms with Crippen molar-refractivity contribution >= 4 is 28.3 Å². The lowest BCUT2D eigenvalue weighted by Gasteiger charge is -2.08. The Balaban J connectivity index is 2.20. The number of aromatic nitrogens is 1. The van der Waals surface area contributed by atoms with Crippen LogP contribution < -0.4 is 4.74 Å². The van der Waals surface area contributed by atoms with Crippen molar-refractivity contribution in [1.82, 2.24) is 4.98 Å². The smallest absolute Gasteiger partial charge is 0.198 e. The number of benzene rings is 2. The van der Waals surface area contributed by atoms with E-state index in [2.05, 4.69) is 4.98 Å². The molecule has 3 aromatic rings. The lowest BCUT2D eigenvalue weighted by molar-refractivity contribution is 0.103. The minimum Gasteiger partial charge on any atom is -0.496 e. The van der Waals surface area contributed by atoms with Gasteiger partial charge in [0.25, 0.3) is 0 Å². The summed E-state index contributed by atoms with van der Waals surface area (Å²) in [6.07, 6.45) is 1.74. The molecule has 0 bridgehead atoms. The molecule has 0 amide bonds. The van der Waals surface area contributed by atoms with Crippen LogP contribution in [0.15, 0.2) is 42.6 Å². The van der Waals surface area contributed by atoms with Crippen molar-refractivity contribution in [3.63, 3.8) is 0 Å². The van der Waals surface area contributed by atoms with E-state index in [1.54, 1.807) is 31.5 Å². The van der Waals surface area contributed by atoms with Crippen LogP contribution in [0.4, 0.5) is 0 Å². The van der Waals surface area contributed by atoms with Crippen molar-refractivity contribution in [3.8, 4) is 5.75 Å². The highest BCUT2D eigenvalue weighted by molar-refractivity contribution is 6.31. The van der Waals surface area contributed by atoms with Gasteiger partial charge in [0.15, 0.2) is 5.78 Å². The third-order valence-corrected chi connectivity index (χ3v) is 3.80. The Labute approximate surface area is 127 Å². The van der Waals surface area contributed by atoms with Crippen LogP contribution in [-0.2, 0) is 0 Å². The molecule has 1 N–H and O–H groups in total. The number of carbonyl (C=O) groups is 1. The molecule has 0 aliphatic heterocycles. The van der Waals surface area contributed by atoms with Gasteiger partial charge >= 0.3 is 0 Å². The number of carbonyl (C=O) groups excluding carboxylic acids is 1. The van der Waals surface area contributed by atoms with Crippen molar-refractivity contribution in [1.29, 1.82) is 0 Å². The van der Waals surface area contributed by atoms with E-state index < -0.39 is 0 Å². The van der Waals surface area contributed by atoms with Crippen molar-refractivity contribution < 1.29 is 9.53 Å². The summed E-state index contributed by atoms with van der Waals surface area (Å²) < 4.78 is 5.27. The number of rotatable bonds is 3. The molecule has 0 aliphatic rings. The summed E-state index contributed by atoms with van der Waals surface area (Å²) in [6.45, 7) is 1.99. The highest BCUT2D eigenvalue weighted by Crippen LogP contribution is 2.29. The Morgan fingerprint density at radius 2 is 2.00 bits per heavy atom. The van der Waals surface area contributed by atoms with Gasteiger partial charge in [-0.15, -0.1) is 0 Å². The molecule has 0 fully saturated rings. The second-order valence-corrected chi connectivity index (χ2v) is 5.31. The van der Waals surface area contributed by atoms with Gasteiger partial charge in [0.05, 0.1) is 12.7 Å². The van der Waals surface area contributed by atoms with E-state index in [4.69, 9.17) is 16.3 Å². The molecule has 0 unspecified atom stereocenters. The van der Waals surface area contributed by atoms with Gasteiger partial charge in [0.2, 0.25) is 0 Å². The van der Waals surface area contributed by atoms with E-state index in [-0.39, 0.29) is 5.78 Å². The molecule has 3 rings (SSSR count). The Morgan fingerprint density at radius 1 is 1.19 bits per heavy atom. The summed E-state index contributed by atoms with van der Waals surface area (Å²) in [7, 11) is 1.54. The minimum absolute atomic E-state index is 0.102. The Hall–Kier alpha value is -2.26. The van der Waals surface area contributed by atoms with Crippen molar-refractivity contribution in [2.24, 2.45) is 0 Å². The van der Waals surface area contributed by atoms with Gasteiger partial charge in [0.1, 0.15) is 5.75 Å². The molecular weight excluding hydrogens is 286 g/mol. The predicted octanol–water partition coefficient (Wildman–Crippen LogP) is 4.37. The van der Waals surface area contributed by atoms with Crippen LogP contribution in [-0.4, -0.2) is 17.9 Å². The number of hydrogen-bond acceptors (Lipinski definition) is 2. The Bertz CT molecular complexity index is 836.